The molecule has 2 N–H and O–H groups in total. The highest BCUT2D eigenvalue weighted by Crippen LogP contribution is 2.23. The third-order valence-corrected chi connectivity index (χ3v) is 6.15. The second-order valence-corrected chi connectivity index (χ2v) is 8.18. The van der Waals surface area contributed by atoms with Gasteiger partial charge >= 0.3 is 0 Å². The maximum Gasteiger partial charge on any atom is 0.223 e. The number of sulfonamides is 1. The van der Waals surface area contributed by atoms with Crippen LogP contribution in [0.1, 0.15) is 11.8 Å². The molecule has 1 unspecified atom stereocenters. The first-order chi connectivity index (χ1) is 7.75. The van der Waals surface area contributed by atoms with Crippen molar-refractivity contribution in [1.29, 1.82) is 0 Å². The maximum atomic E-state index is 12.0. The smallest absolute Gasteiger partial charge is 0.223 e. The first-order valence-electron chi connectivity index (χ1n) is 4.74. The zero-order valence-corrected chi connectivity index (χ0v) is 12.6. The number of hydrogen-bond acceptors (Lipinski definition) is 4. The molecule has 0 aliphatic heterocycles. The summed E-state index contributed by atoms with van der Waals surface area (Å²) in [6.45, 7) is 1.75. The lowest BCUT2D eigenvalue weighted by Gasteiger charge is -2.20. The lowest BCUT2D eigenvalue weighted by molar-refractivity contribution is 0.467. The van der Waals surface area contributed by atoms with Crippen molar-refractivity contribution in [2.45, 2.75) is 18.7 Å². The Labute approximate surface area is 115 Å². The Morgan fingerprint density at radius 3 is 2.65 bits per heavy atom. The molecular weight excluding hydrogens is 300 g/mol. The van der Waals surface area contributed by atoms with E-state index in [2.05, 4.69) is 0 Å². The van der Waals surface area contributed by atoms with Gasteiger partial charge in [-0.2, -0.15) is 4.31 Å². The zero-order valence-electron chi connectivity index (χ0n) is 9.38. The first kappa shape index (κ1) is 14.8. The monoisotopic (exact) mass is 312 g/mol. The van der Waals surface area contributed by atoms with E-state index in [4.69, 9.17) is 29.6 Å². The van der Waals surface area contributed by atoms with Gasteiger partial charge in [0.2, 0.25) is 10.0 Å². The van der Waals surface area contributed by atoms with Crippen molar-refractivity contribution in [2.75, 3.05) is 7.05 Å². The Bertz CT molecular complexity index is 512. The summed E-state index contributed by atoms with van der Waals surface area (Å²) in [5.74, 6) is 0. The lowest BCUT2D eigenvalue weighted by atomic mass is 10.5. The number of halogens is 1. The van der Waals surface area contributed by atoms with Crippen molar-refractivity contribution in [3.8, 4) is 0 Å². The van der Waals surface area contributed by atoms with Crippen LogP contribution in [-0.2, 0) is 16.6 Å². The van der Waals surface area contributed by atoms with Crippen LogP contribution < -0.4 is 5.73 Å². The van der Waals surface area contributed by atoms with Gasteiger partial charge in [0, 0.05) is 18.5 Å². The highest BCUT2D eigenvalue weighted by molar-refractivity contribution is 7.92. The Morgan fingerprint density at radius 2 is 2.24 bits per heavy atom. The SMILES string of the molecule is CC(C(N)=S)S(=O)(=O)N(C)Cc1ccc(Cl)s1. The summed E-state index contributed by atoms with van der Waals surface area (Å²) >= 11 is 11.8. The van der Waals surface area contributed by atoms with Crippen molar-refractivity contribution in [3.63, 3.8) is 0 Å². The summed E-state index contributed by atoms with van der Waals surface area (Å²) in [6, 6.07) is 3.53. The molecule has 0 aliphatic rings. The van der Waals surface area contributed by atoms with E-state index >= 15 is 0 Å². The van der Waals surface area contributed by atoms with E-state index in [9.17, 15) is 8.42 Å². The van der Waals surface area contributed by atoms with Gasteiger partial charge in [-0.1, -0.05) is 23.8 Å². The summed E-state index contributed by atoms with van der Waals surface area (Å²) in [7, 11) is -2.00. The second kappa shape index (κ2) is 5.62. The van der Waals surface area contributed by atoms with Gasteiger partial charge in [-0.3, -0.25) is 0 Å². The molecule has 1 aromatic heterocycles. The molecule has 1 heterocycles. The van der Waals surface area contributed by atoms with Gasteiger partial charge < -0.3 is 5.73 Å². The molecule has 0 saturated heterocycles. The Kier molecular flexibility index (Phi) is 4.91. The number of nitrogens with two attached hydrogens (primary N) is 1. The molecule has 96 valence electrons. The summed E-state index contributed by atoms with van der Waals surface area (Å²) in [5, 5.41) is -0.863. The van der Waals surface area contributed by atoms with Crippen LogP contribution in [0, 0.1) is 0 Å². The predicted octanol–water partition coefficient (Wildman–Crippen LogP) is 1.84. The predicted molar refractivity (Wildman–Crippen MR) is 76.0 cm³/mol. The summed E-state index contributed by atoms with van der Waals surface area (Å²) in [4.78, 5) is 0.845. The van der Waals surface area contributed by atoms with E-state index < -0.39 is 15.3 Å². The molecule has 0 amide bonds. The van der Waals surface area contributed by atoms with Crippen LogP contribution in [-0.4, -0.2) is 30.0 Å². The fourth-order valence-electron chi connectivity index (χ4n) is 1.16. The van der Waals surface area contributed by atoms with Crippen LogP contribution in [0.3, 0.4) is 0 Å². The van der Waals surface area contributed by atoms with Crippen LogP contribution in [0.4, 0.5) is 0 Å². The highest BCUT2D eigenvalue weighted by atomic mass is 35.5. The average molecular weight is 313 g/mol. The third-order valence-electron chi connectivity index (χ3n) is 2.29. The second-order valence-electron chi connectivity index (χ2n) is 3.55. The fraction of sp³-hybridized carbons (Fsp3) is 0.444. The molecule has 17 heavy (non-hydrogen) atoms. The van der Waals surface area contributed by atoms with Crippen LogP contribution in [0.5, 0.6) is 0 Å². The molecule has 1 aromatic rings. The minimum Gasteiger partial charge on any atom is -0.392 e. The van der Waals surface area contributed by atoms with E-state index in [1.807, 2.05) is 0 Å². The molecule has 0 saturated carbocycles. The standard InChI is InChI=1S/C9H13ClN2O2S3/c1-6(9(11)15)17(13,14)12(2)5-7-3-4-8(10)16-7/h3-4,6H,5H2,1-2H3,(H2,11,15). The van der Waals surface area contributed by atoms with E-state index in [-0.39, 0.29) is 11.5 Å². The van der Waals surface area contributed by atoms with Gasteiger partial charge in [-0.15, -0.1) is 11.3 Å². The van der Waals surface area contributed by atoms with Crippen molar-refractivity contribution < 1.29 is 8.42 Å². The largest absolute Gasteiger partial charge is 0.392 e. The maximum absolute atomic E-state index is 12.0. The average Bonchev–Trinajstić information content (AvgIpc) is 2.62. The van der Waals surface area contributed by atoms with Gasteiger partial charge in [-0.05, 0) is 19.1 Å². The van der Waals surface area contributed by atoms with Gasteiger partial charge in [0.15, 0.2) is 0 Å². The summed E-state index contributed by atoms with van der Waals surface area (Å²) in [5.41, 5.74) is 5.36. The van der Waals surface area contributed by atoms with Gasteiger partial charge in [0.1, 0.15) is 5.25 Å². The number of thiophene rings is 1. The molecule has 0 aromatic carbocycles. The summed E-state index contributed by atoms with van der Waals surface area (Å²) < 4.78 is 25.9. The molecule has 4 nitrogen and oxygen atoms in total. The van der Waals surface area contributed by atoms with Crippen molar-refractivity contribution in [1.82, 2.24) is 4.31 Å². The number of nitrogens with zero attached hydrogens (tertiary/aromatic N) is 1. The molecule has 0 fully saturated rings. The molecule has 0 bridgehead atoms. The zero-order chi connectivity index (χ0) is 13.2. The third kappa shape index (κ3) is 3.62. The van der Waals surface area contributed by atoms with Crippen LogP contribution in [0.15, 0.2) is 12.1 Å². The highest BCUT2D eigenvalue weighted by Gasteiger charge is 2.28. The molecular formula is C9H13ClN2O2S3. The van der Waals surface area contributed by atoms with E-state index in [0.29, 0.717) is 4.34 Å². The number of thiocarbonyl (C=S) groups is 1. The van der Waals surface area contributed by atoms with Crippen LogP contribution >= 0.6 is 35.2 Å². The van der Waals surface area contributed by atoms with Gasteiger partial charge in [-0.25, -0.2) is 8.42 Å². The fourth-order valence-corrected chi connectivity index (χ4v) is 3.90. The lowest BCUT2D eigenvalue weighted by Crippen LogP contribution is -2.40. The number of hydrogen-bond donors (Lipinski definition) is 1. The van der Waals surface area contributed by atoms with E-state index in [0.717, 1.165) is 4.88 Å². The number of rotatable bonds is 5. The van der Waals surface area contributed by atoms with Gasteiger partial charge in [0.05, 0.1) is 9.32 Å². The van der Waals surface area contributed by atoms with Gasteiger partial charge in [0.25, 0.3) is 0 Å². The van der Waals surface area contributed by atoms with Crippen molar-refractivity contribution >= 4 is 50.2 Å². The van der Waals surface area contributed by atoms with Crippen molar-refractivity contribution in [2.24, 2.45) is 5.73 Å². The Morgan fingerprint density at radius 1 is 1.65 bits per heavy atom. The van der Waals surface area contributed by atoms with Crippen molar-refractivity contribution in [3.05, 3.63) is 21.3 Å². The minimum atomic E-state index is -3.50. The Hall–Kier alpha value is -0.210. The molecule has 0 spiro atoms. The van der Waals surface area contributed by atoms with E-state index in [1.54, 1.807) is 12.1 Å². The summed E-state index contributed by atoms with van der Waals surface area (Å²) in [6.07, 6.45) is 0. The molecule has 0 aliphatic carbocycles. The molecule has 0 radical (unpaired) electrons. The normalized spacial score (nSPS) is 13.9. The molecule has 1 atom stereocenters. The first-order valence-corrected chi connectivity index (χ1v) is 7.84. The van der Waals surface area contributed by atoms with Crippen LogP contribution in [0.2, 0.25) is 4.34 Å². The Balaban J connectivity index is 2.83. The molecule has 1 rings (SSSR count). The minimum absolute atomic E-state index is 0.0268. The van der Waals surface area contributed by atoms with E-state index in [1.165, 1.54) is 29.6 Å². The molecule has 8 heteroatoms. The van der Waals surface area contributed by atoms with Crippen LogP contribution in [0.25, 0.3) is 0 Å². The quantitative estimate of drug-likeness (QED) is 0.843. The topological polar surface area (TPSA) is 63.4 Å².